The predicted molar refractivity (Wildman–Crippen MR) is 55.8 cm³/mol. The maximum atomic E-state index is 10.6. The van der Waals surface area contributed by atoms with Crippen molar-refractivity contribution in [1.82, 2.24) is 19.9 Å². The Morgan fingerprint density at radius 2 is 2.12 bits per heavy atom. The number of non-ortho nitro benzene ring substituents is 1. The smallest absolute Gasteiger partial charge is 0.271 e. The molecule has 0 amide bonds. The van der Waals surface area contributed by atoms with E-state index in [1.807, 2.05) is 0 Å². The van der Waals surface area contributed by atoms with Gasteiger partial charge >= 0.3 is 0 Å². The lowest BCUT2D eigenvalue weighted by molar-refractivity contribution is -0.384. The van der Waals surface area contributed by atoms with Crippen molar-refractivity contribution in [1.29, 1.82) is 0 Å². The minimum absolute atomic E-state index is 0.000616. The number of rotatable bonds is 1. The molecule has 0 aliphatic heterocycles. The molecule has 0 saturated heterocycles. The van der Waals surface area contributed by atoms with Gasteiger partial charge in [0, 0.05) is 12.1 Å². The molecule has 2 aromatic heterocycles. The highest BCUT2D eigenvalue weighted by molar-refractivity contribution is 5.83. The van der Waals surface area contributed by atoms with Crippen molar-refractivity contribution in [3.05, 3.63) is 34.6 Å². The highest BCUT2D eigenvalue weighted by atomic mass is 16.6. The van der Waals surface area contributed by atoms with Gasteiger partial charge in [-0.3, -0.25) is 10.1 Å². The number of nitro benzene ring substituents is 1. The molecule has 0 aliphatic carbocycles. The minimum Gasteiger partial charge on any atom is -0.328 e. The van der Waals surface area contributed by atoms with Crippen LogP contribution in [0, 0.1) is 10.1 Å². The summed E-state index contributed by atoms with van der Waals surface area (Å²) in [5.41, 5.74) is 2.09. The van der Waals surface area contributed by atoms with Crippen molar-refractivity contribution in [3.8, 4) is 0 Å². The SMILES string of the molecule is O=[N+]([O-])c1ccc2nc3nc[nH]c3nc2c1. The highest BCUT2D eigenvalue weighted by Gasteiger charge is 2.09. The molecule has 0 radical (unpaired) electrons. The van der Waals surface area contributed by atoms with Gasteiger partial charge in [0.25, 0.3) is 5.69 Å². The normalized spacial score (nSPS) is 11.0. The molecule has 1 aromatic carbocycles. The zero-order chi connectivity index (χ0) is 11.1. The number of H-pyrrole nitrogens is 1. The van der Waals surface area contributed by atoms with Crippen molar-refractivity contribution in [3.63, 3.8) is 0 Å². The maximum Gasteiger partial charge on any atom is 0.271 e. The molecule has 2 heterocycles. The fourth-order valence-electron chi connectivity index (χ4n) is 1.49. The zero-order valence-electron chi connectivity index (χ0n) is 7.91. The van der Waals surface area contributed by atoms with E-state index in [0.717, 1.165) is 0 Å². The van der Waals surface area contributed by atoms with Crippen LogP contribution in [0.25, 0.3) is 22.3 Å². The van der Waals surface area contributed by atoms with E-state index in [1.54, 1.807) is 6.07 Å². The average molecular weight is 215 g/mol. The van der Waals surface area contributed by atoms with Gasteiger partial charge in [0.1, 0.15) is 0 Å². The number of hydrogen-bond acceptors (Lipinski definition) is 5. The molecule has 3 rings (SSSR count). The second-order valence-corrected chi connectivity index (χ2v) is 3.23. The number of nitrogens with zero attached hydrogens (tertiary/aromatic N) is 4. The first-order valence-electron chi connectivity index (χ1n) is 4.49. The molecule has 0 atom stereocenters. The third-order valence-electron chi connectivity index (χ3n) is 2.23. The summed E-state index contributed by atoms with van der Waals surface area (Å²) < 4.78 is 0. The van der Waals surface area contributed by atoms with Gasteiger partial charge < -0.3 is 4.98 Å². The van der Waals surface area contributed by atoms with Crippen LogP contribution in [-0.2, 0) is 0 Å². The minimum atomic E-state index is -0.460. The fraction of sp³-hybridized carbons (Fsp3) is 0. The molecule has 0 spiro atoms. The van der Waals surface area contributed by atoms with Crippen molar-refractivity contribution in [2.24, 2.45) is 0 Å². The van der Waals surface area contributed by atoms with Gasteiger partial charge in [-0.05, 0) is 6.07 Å². The Kier molecular flexibility index (Phi) is 1.61. The van der Waals surface area contributed by atoms with Crippen molar-refractivity contribution < 1.29 is 4.92 Å². The van der Waals surface area contributed by atoms with E-state index < -0.39 is 4.92 Å². The summed E-state index contributed by atoms with van der Waals surface area (Å²) in [7, 11) is 0. The van der Waals surface area contributed by atoms with E-state index in [4.69, 9.17) is 0 Å². The molecular formula is C9H5N5O2. The summed E-state index contributed by atoms with van der Waals surface area (Å²) >= 11 is 0. The van der Waals surface area contributed by atoms with Crippen LogP contribution >= 0.6 is 0 Å². The Labute approximate surface area is 88.3 Å². The summed E-state index contributed by atoms with van der Waals surface area (Å²) in [5, 5.41) is 10.6. The van der Waals surface area contributed by atoms with Crippen LogP contribution in [-0.4, -0.2) is 24.9 Å². The third-order valence-corrected chi connectivity index (χ3v) is 2.23. The predicted octanol–water partition coefficient (Wildman–Crippen LogP) is 1.41. The zero-order valence-corrected chi connectivity index (χ0v) is 7.91. The van der Waals surface area contributed by atoms with Gasteiger partial charge in [-0.1, -0.05) is 0 Å². The number of aromatic amines is 1. The molecule has 3 aromatic rings. The Morgan fingerprint density at radius 3 is 2.94 bits per heavy atom. The standard InChI is InChI=1S/C9H5N5O2/c15-14(16)5-1-2-6-7(3-5)13-9-8(12-6)10-4-11-9/h1-4H,(H,10,11,12,13). The third kappa shape index (κ3) is 1.18. The quantitative estimate of drug-likeness (QED) is 0.488. The fourth-order valence-corrected chi connectivity index (χ4v) is 1.49. The summed E-state index contributed by atoms with van der Waals surface area (Å²) in [5.74, 6) is 0. The molecular weight excluding hydrogens is 210 g/mol. The van der Waals surface area contributed by atoms with Crippen molar-refractivity contribution in [2.75, 3.05) is 0 Å². The number of nitro groups is 1. The van der Waals surface area contributed by atoms with E-state index in [-0.39, 0.29) is 5.69 Å². The number of benzene rings is 1. The van der Waals surface area contributed by atoms with E-state index in [1.165, 1.54) is 18.5 Å². The Morgan fingerprint density at radius 1 is 1.25 bits per heavy atom. The topological polar surface area (TPSA) is 97.6 Å². The second-order valence-electron chi connectivity index (χ2n) is 3.23. The van der Waals surface area contributed by atoms with Gasteiger partial charge in [0.05, 0.1) is 22.3 Å². The summed E-state index contributed by atoms with van der Waals surface area (Å²) in [6.45, 7) is 0. The van der Waals surface area contributed by atoms with E-state index in [0.29, 0.717) is 22.3 Å². The van der Waals surface area contributed by atoms with E-state index >= 15 is 0 Å². The molecule has 1 N–H and O–H groups in total. The molecule has 7 heteroatoms. The van der Waals surface area contributed by atoms with Gasteiger partial charge in [-0.25, -0.2) is 15.0 Å². The lowest BCUT2D eigenvalue weighted by Gasteiger charge is -1.96. The molecule has 0 fully saturated rings. The van der Waals surface area contributed by atoms with Crippen LogP contribution in [0.1, 0.15) is 0 Å². The summed E-state index contributed by atoms with van der Waals surface area (Å²) in [4.78, 5) is 25.3. The molecule has 0 unspecified atom stereocenters. The number of hydrogen-bond donors (Lipinski definition) is 1. The first-order chi connectivity index (χ1) is 7.74. The molecule has 0 aliphatic rings. The molecule has 78 valence electrons. The van der Waals surface area contributed by atoms with Crippen LogP contribution in [0.15, 0.2) is 24.5 Å². The van der Waals surface area contributed by atoms with E-state index in [9.17, 15) is 10.1 Å². The first kappa shape index (κ1) is 8.72. The Hall–Kier alpha value is -2.57. The molecule has 0 bridgehead atoms. The van der Waals surface area contributed by atoms with Crippen LogP contribution < -0.4 is 0 Å². The Bertz CT molecular complexity index is 705. The number of nitrogens with one attached hydrogen (secondary N) is 1. The Balaban J connectivity index is 2.37. The first-order valence-corrected chi connectivity index (χ1v) is 4.49. The van der Waals surface area contributed by atoms with Crippen LogP contribution in [0.4, 0.5) is 5.69 Å². The average Bonchev–Trinajstić information content (AvgIpc) is 2.71. The molecule has 16 heavy (non-hydrogen) atoms. The highest BCUT2D eigenvalue weighted by Crippen LogP contribution is 2.19. The number of aromatic nitrogens is 4. The van der Waals surface area contributed by atoms with Crippen LogP contribution in [0.3, 0.4) is 0 Å². The van der Waals surface area contributed by atoms with E-state index in [2.05, 4.69) is 19.9 Å². The van der Waals surface area contributed by atoms with Gasteiger partial charge in [-0.2, -0.15) is 0 Å². The number of fused-ring (bicyclic) bond motifs is 2. The van der Waals surface area contributed by atoms with Crippen LogP contribution in [0.5, 0.6) is 0 Å². The van der Waals surface area contributed by atoms with Gasteiger partial charge in [0.2, 0.25) is 0 Å². The lowest BCUT2D eigenvalue weighted by atomic mass is 10.2. The van der Waals surface area contributed by atoms with Crippen molar-refractivity contribution in [2.45, 2.75) is 0 Å². The summed E-state index contributed by atoms with van der Waals surface area (Å²) in [6.07, 6.45) is 1.48. The monoisotopic (exact) mass is 215 g/mol. The summed E-state index contributed by atoms with van der Waals surface area (Å²) in [6, 6.07) is 4.35. The lowest BCUT2D eigenvalue weighted by Crippen LogP contribution is -1.90. The van der Waals surface area contributed by atoms with Crippen molar-refractivity contribution >= 4 is 28.0 Å². The van der Waals surface area contributed by atoms with Crippen LogP contribution in [0.2, 0.25) is 0 Å². The number of imidazole rings is 1. The largest absolute Gasteiger partial charge is 0.328 e. The maximum absolute atomic E-state index is 10.6. The second kappa shape index (κ2) is 2.96. The van der Waals surface area contributed by atoms with Gasteiger partial charge in [0.15, 0.2) is 11.3 Å². The molecule has 0 saturated carbocycles. The van der Waals surface area contributed by atoms with Gasteiger partial charge in [-0.15, -0.1) is 0 Å². The molecule has 7 nitrogen and oxygen atoms in total.